The summed E-state index contributed by atoms with van der Waals surface area (Å²) in [7, 11) is 0. The zero-order valence-electron chi connectivity index (χ0n) is 16.0. The van der Waals surface area contributed by atoms with E-state index in [1.807, 2.05) is 34.9 Å². The van der Waals surface area contributed by atoms with Crippen LogP contribution in [0.2, 0.25) is 0 Å². The predicted molar refractivity (Wildman–Crippen MR) is 107 cm³/mol. The summed E-state index contributed by atoms with van der Waals surface area (Å²) in [6.07, 6.45) is 1.41. The molecule has 1 aromatic rings. The Morgan fingerprint density at radius 1 is 1.26 bits per heavy atom. The third kappa shape index (κ3) is 3.26. The fourth-order valence-corrected chi connectivity index (χ4v) is 5.80. The molecule has 7 heteroatoms. The maximum atomic E-state index is 13.1. The molecule has 2 amide bonds. The van der Waals surface area contributed by atoms with Crippen molar-refractivity contribution in [1.29, 1.82) is 0 Å². The second-order valence-electron chi connectivity index (χ2n) is 7.48. The van der Waals surface area contributed by atoms with Crippen molar-refractivity contribution in [3.05, 3.63) is 24.3 Å². The van der Waals surface area contributed by atoms with Crippen LogP contribution >= 0.6 is 11.8 Å². The van der Waals surface area contributed by atoms with Crippen LogP contribution < -0.4 is 9.64 Å². The van der Waals surface area contributed by atoms with Gasteiger partial charge in [-0.2, -0.15) is 0 Å². The molecule has 27 heavy (non-hydrogen) atoms. The molecule has 1 aromatic carbocycles. The average molecular weight is 390 g/mol. The first-order chi connectivity index (χ1) is 13.0. The first-order valence-electron chi connectivity index (χ1n) is 9.75. The largest absolute Gasteiger partial charge is 0.492 e. The number of carbonyl (C=O) groups excluding carboxylic acids is 2. The topological polar surface area (TPSA) is 53.1 Å². The van der Waals surface area contributed by atoms with Crippen LogP contribution in [-0.2, 0) is 9.59 Å². The van der Waals surface area contributed by atoms with Gasteiger partial charge in [0.2, 0.25) is 11.8 Å². The number of para-hydroxylation sites is 2. The number of fused-ring (bicyclic) bond motifs is 1. The monoisotopic (exact) mass is 389 g/mol. The van der Waals surface area contributed by atoms with E-state index in [0.29, 0.717) is 31.9 Å². The van der Waals surface area contributed by atoms with Crippen LogP contribution in [0.1, 0.15) is 26.7 Å². The van der Waals surface area contributed by atoms with Gasteiger partial charge in [-0.3, -0.25) is 9.59 Å². The summed E-state index contributed by atoms with van der Waals surface area (Å²) in [6, 6.07) is 7.77. The maximum Gasteiger partial charge on any atom is 0.246 e. The molecule has 0 radical (unpaired) electrons. The average Bonchev–Trinajstić information content (AvgIpc) is 3.18. The predicted octanol–water partition coefficient (Wildman–Crippen LogP) is 2.19. The van der Waals surface area contributed by atoms with Gasteiger partial charge < -0.3 is 19.4 Å². The van der Waals surface area contributed by atoms with Crippen molar-refractivity contribution in [3.63, 3.8) is 0 Å². The fourth-order valence-electron chi connectivity index (χ4n) is 4.38. The number of hydrogen-bond donors (Lipinski definition) is 0. The van der Waals surface area contributed by atoms with Crippen molar-refractivity contribution in [1.82, 2.24) is 9.80 Å². The molecule has 0 saturated carbocycles. The Bertz CT molecular complexity index is 735. The third-order valence-corrected chi connectivity index (χ3v) is 7.33. The zero-order chi connectivity index (χ0) is 19.0. The van der Waals surface area contributed by atoms with E-state index in [-0.39, 0.29) is 22.7 Å². The number of amides is 2. The lowest BCUT2D eigenvalue weighted by Gasteiger charge is -2.39. The van der Waals surface area contributed by atoms with Crippen molar-refractivity contribution in [2.75, 3.05) is 43.4 Å². The lowest BCUT2D eigenvalue weighted by molar-refractivity contribution is -0.143. The lowest BCUT2D eigenvalue weighted by Crippen LogP contribution is -2.56. The van der Waals surface area contributed by atoms with Crippen LogP contribution in [-0.4, -0.2) is 71.1 Å². The van der Waals surface area contributed by atoms with Gasteiger partial charge in [0, 0.05) is 38.4 Å². The van der Waals surface area contributed by atoms with Gasteiger partial charge in [-0.05, 0) is 32.4 Å². The van der Waals surface area contributed by atoms with Gasteiger partial charge >= 0.3 is 0 Å². The Morgan fingerprint density at radius 3 is 2.74 bits per heavy atom. The van der Waals surface area contributed by atoms with Gasteiger partial charge in [-0.25, -0.2) is 0 Å². The lowest BCUT2D eigenvalue weighted by atomic mass is 10.1. The van der Waals surface area contributed by atoms with Crippen LogP contribution in [0.25, 0.3) is 0 Å². The quantitative estimate of drug-likeness (QED) is 0.790. The summed E-state index contributed by atoms with van der Waals surface area (Å²) >= 11 is 1.75. The molecule has 4 rings (SSSR count). The molecule has 0 aromatic heterocycles. The smallest absolute Gasteiger partial charge is 0.246 e. The van der Waals surface area contributed by atoms with Gasteiger partial charge in [0.15, 0.2) is 0 Å². The summed E-state index contributed by atoms with van der Waals surface area (Å²) in [6.45, 7) is 7.64. The number of benzene rings is 1. The molecular weight excluding hydrogens is 362 g/mol. The van der Waals surface area contributed by atoms with E-state index < -0.39 is 0 Å². The highest BCUT2D eigenvalue weighted by molar-refractivity contribution is 8.01. The summed E-state index contributed by atoms with van der Waals surface area (Å²) in [5.74, 6) is 1.85. The van der Waals surface area contributed by atoms with Gasteiger partial charge in [-0.15, -0.1) is 11.8 Å². The van der Waals surface area contributed by atoms with E-state index in [9.17, 15) is 9.59 Å². The molecule has 6 nitrogen and oxygen atoms in total. The van der Waals surface area contributed by atoms with Crippen molar-refractivity contribution >= 4 is 29.3 Å². The number of anilines is 1. The second kappa shape index (κ2) is 7.26. The maximum absolute atomic E-state index is 13.1. The summed E-state index contributed by atoms with van der Waals surface area (Å²) in [5.41, 5.74) is 1.09. The molecule has 0 N–H and O–H groups in total. The highest BCUT2D eigenvalue weighted by Crippen LogP contribution is 2.47. The molecule has 3 heterocycles. The van der Waals surface area contributed by atoms with Crippen molar-refractivity contribution in [2.24, 2.45) is 0 Å². The van der Waals surface area contributed by atoms with Gasteiger partial charge in [0.25, 0.3) is 0 Å². The minimum absolute atomic E-state index is 0.110. The molecule has 146 valence electrons. The molecular formula is C20H27N3O3S. The minimum Gasteiger partial charge on any atom is -0.492 e. The molecule has 0 bridgehead atoms. The Balaban J connectivity index is 1.41. The fraction of sp³-hybridized carbons (Fsp3) is 0.600. The molecule has 3 aliphatic rings. The first-order valence-corrected chi connectivity index (χ1v) is 10.7. The SMILES string of the molecule is CCOc1ccccc1N1CCN(C(=O)[C@@H]2CS[C@]3(C)CCC(=O)N23)CC1. The Hall–Kier alpha value is -1.89. The third-order valence-electron chi connectivity index (χ3n) is 5.83. The Labute approximate surface area is 164 Å². The van der Waals surface area contributed by atoms with Crippen LogP contribution in [0.5, 0.6) is 5.75 Å². The van der Waals surface area contributed by atoms with E-state index in [2.05, 4.69) is 17.9 Å². The molecule has 2 atom stereocenters. The normalized spacial score (nSPS) is 27.9. The molecule has 0 aliphatic carbocycles. The highest BCUT2D eigenvalue weighted by atomic mass is 32.2. The Kier molecular flexibility index (Phi) is 4.97. The van der Waals surface area contributed by atoms with E-state index in [0.717, 1.165) is 30.9 Å². The number of carbonyl (C=O) groups is 2. The van der Waals surface area contributed by atoms with E-state index in [1.165, 1.54) is 0 Å². The summed E-state index contributed by atoms with van der Waals surface area (Å²) < 4.78 is 5.75. The molecule has 3 saturated heterocycles. The molecule has 3 aliphatic heterocycles. The van der Waals surface area contributed by atoms with Crippen LogP contribution in [0.4, 0.5) is 5.69 Å². The number of ether oxygens (including phenoxy) is 1. The highest BCUT2D eigenvalue weighted by Gasteiger charge is 2.53. The van der Waals surface area contributed by atoms with Gasteiger partial charge in [-0.1, -0.05) is 12.1 Å². The number of hydrogen-bond acceptors (Lipinski definition) is 5. The van der Waals surface area contributed by atoms with Crippen molar-refractivity contribution < 1.29 is 14.3 Å². The van der Waals surface area contributed by atoms with Crippen LogP contribution in [0, 0.1) is 0 Å². The zero-order valence-corrected chi connectivity index (χ0v) is 16.8. The summed E-state index contributed by atoms with van der Waals surface area (Å²) in [4.78, 5) is 31.3. The minimum atomic E-state index is -0.294. The molecule has 3 fully saturated rings. The van der Waals surface area contributed by atoms with Crippen molar-refractivity contribution in [3.8, 4) is 5.75 Å². The number of nitrogens with zero attached hydrogens (tertiary/aromatic N) is 3. The number of piperazine rings is 1. The van der Waals surface area contributed by atoms with Gasteiger partial charge in [0.05, 0.1) is 17.2 Å². The molecule has 0 unspecified atom stereocenters. The number of thioether (sulfide) groups is 1. The van der Waals surface area contributed by atoms with Crippen LogP contribution in [0.3, 0.4) is 0 Å². The van der Waals surface area contributed by atoms with Crippen LogP contribution in [0.15, 0.2) is 24.3 Å². The molecule has 0 spiro atoms. The Morgan fingerprint density at radius 2 is 2.00 bits per heavy atom. The van der Waals surface area contributed by atoms with Crippen molar-refractivity contribution in [2.45, 2.75) is 37.6 Å². The number of rotatable bonds is 4. The van der Waals surface area contributed by atoms with E-state index in [1.54, 1.807) is 11.8 Å². The van der Waals surface area contributed by atoms with E-state index in [4.69, 9.17) is 4.74 Å². The standard InChI is InChI=1S/C20H27N3O3S/c1-3-26-17-7-5-4-6-15(17)21-10-12-22(13-11-21)19(25)16-14-27-20(2)9-8-18(24)23(16)20/h4-7,16H,3,8-14H2,1-2H3/t16-,20+/m0/s1. The second-order valence-corrected chi connectivity index (χ2v) is 8.98. The first kappa shape index (κ1) is 18.5. The van der Waals surface area contributed by atoms with Gasteiger partial charge in [0.1, 0.15) is 11.8 Å². The summed E-state index contributed by atoms with van der Waals surface area (Å²) in [5, 5.41) is 0. The van der Waals surface area contributed by atoms with E-state index >= 15 is 0 Å².